The van der Waals surface area contributed by atoms with Gasteiger partial charge in [-0.15, -0.1) is 35.7 Å². The van der Waals surface area contributed by atoms with Crippen LogP contribution in [0, 0.1) is 19.1 Å². The van der Waals surface area contributed by atoms with Crippen LogP contribution in [0.5, 0.6) is 11.5 Å². The second-order valence-electron chi connectivity index (χ2n) is 11.7. The number of para-hydroxylation sites is 1. The van der Waals surface area contributed by atoms with E-state index in [4.69, 9.17) is 14.8 Å². The molecule has 47 heavy (non-hydrogen) atoms. The predicted octanol–water partition coefficient (Wildman–Crippen LogP) is 9.98. The Morgan fingerprint density at radius 3 is 2.17 bits per heavy atom. The van der Waals surface area contributed by atoms with Crippen molar-refractivity contribution >= 4 is 21.8 Å². The number of hydrogen-bond acceptors (Lipinski definition) is 3. The van der Waals surface area contributed by atoms with Gasteiger partial charge in [-0.1, -0.05) is 69.6 Å². The van der Waals surface area contributed by atoms with Gasteiger partial charge in [-0.05, 0) is 84.1 Å². The Morgan fingerprint density at radius 1 is 0.702 bits per heavy atom. The Morgan fingerprint density at radius 2 is 1.45 bits per heavy atom. The maximum atomic E-state index is 6.47. The number of fused-ring (bicyclic) bond motifs is 3. The summed E-state index contributed by atoms with van der Waals surface area (Å²) in [6, 6.07) is 36.4. The van der Waals surface area contributed by atoms with Crippen LogP contribution in [0.4, 0.5) is 0 Å². The third kappa shape index (κ3) is 5.83. The number of rotatable bonds is 9. The summed E-state index contributed by atoms with van der Waals surface area (Å²) in [6.07, 6.45) is 5.52. The zero-order chi connectivity index (χ0) is 31.8. The molecule has 0 unspecified atom stereocenters. The summed E-state index contributed by atoms with van der Waals surface area (Å²) in [6.45, 7) is 11.0. The van der Waals surface area contributed by atoms with Crippen molar-refractivity contribution in [2.24, 2.45) is 0 Å². The molecule has 3 heterocycles. The fraction of sp³-hybridized carbons (Fsp3) is 0.220. The molecule has 0 N–H and O–H groups in total. The van der Waals surface area contributed by atoms with Gasteiger partial charge in [0.25, 0.3) is 0 Å². The minimum absolute atomic E-state index is 0. The molecule has 0 atom stereocenters. The summed E-state index contributed by atoms with van der Waals surface area (Å²) in [5, 5.41) is 7.43. The van der Waals surface area contributed by atoms with Crippen LogP contribution in [-0.4, -0.2) is 19.3 Å². The molecule has 4 aromatic carbocycles. The average Bonchev–Trinajstić information content (AvgIpc) is 3.63. The molecule has 0 saturated carbocycles. The molecule has 0 radical (unpaired) electrons. The van der Waals surface area contributed by atoms with Crippen molar-refractivity contribution in [2.75, 3.05) is 0 Å². The Labute approximate surface area is 291 Å². The molecule has 5 nitrogen and oxygen atoms in total. The molecule has 6 heteroatoms. The van der Waals surface area contributed by atoms with E-state index < -0.39 is 0 Å². The number of hydrogen-bond donors (Lipinski definition) is 0. The Balaban J connectivity index is 0.00000386. The molecule has 0 fully saturated rings. The Kier molecular flexibility index (Phi) is 9.47. The molecule has 238 valence electrons. The normalized spacial score (nSPS) is 11.3. The first-order chi connectivity index (χ1) is 22.5. The van der Waals surface area contributed by atoms with Crippen LogP contribution in [0.15, 0.2) is 91.1 Å². The van der Waals surface area contributed by atoms with Gasteiger partial charge in [-0.3, -0.25) is 4.68 Å². The van der Waals surface area contributed by atoms with Crippen molar-refractivity contribution in [1.82, 2.24) is 19.3 Å². The van der Waals surface area contributed by atoms with Crippen molar-refractivity contribution in [3.05, 3.63) is 131 Å². The third-order valence-corrected chi connectivity index (χ3v) is 8.86. The minimum Gasteiger partial charge on any atom is -0.509 e. The van der Waals surface area contributed by atoms with Crippen molar-refractivity contribution in [3.8, 4) is 34.1 Å². The van der Waals surface area contributed by atoms with E-state index in [0.29, 0.717) is 11.5 Å². The SMILES string of the molecule is CCc1cccc(CC)c1-c1c(CC)nn(-c2[c-]c(Oc3[c-]c4c(cc3)c3ccccc3n4-c3cc(C)ccn3)ccc2)c1CC.[Pt+2]. The molecule has 7 rings (SSSR count). The van der Waals surface area contributed by atoms with Gasteiger partial charge in [0.05, 0.1) is 5.69 Å². The molecule has 0 spiro atoms. The molecule has 7 aromatic rings. The minimum atomic E-state index is 0. The second-order valence-corrected chi connectivity index (χ2v) is 11.7. The summed E-state index contributed by atoms with van der Waals surface area (Å²) in [7, 11) is 0. The summed E-state index contributed by atoms with van der Waals surface area (Å²) in [5.74, 6) is 2.09. The molecule has 0 aliphatic heterocycles. The number of nitrogens with zero attached hydrogens (tertiary/aromatic N) is 4. The predicted molar refractivity (Wildman–Crippen MR) is 188 cm³/mol. The topological polar surface area (TPSA) is 44.9 Å². The van der Waals surface area contributed by atoms with Gasteiger partial charge in [0.1, 0.15) is 5.82 Å². The number of pyridine rings is 1. The second kappa shape index (κ2) is 13.7. The van der Waals surface area contributed by atoms with Crippen molar-refractivity contribution in [3.63, 3.8) is 0 Å². The molecule has 0 aliphatic rings. The van der Waals surface area contributed by atoms with Gasteiger partial charge in [0, 0.05) is 34.5 Å². The van der Waals surface area contributed by atoms with Crippen LogP contribution >= 0.6 is 0 Å². The number of aryl methyl sites for hydroxylation is 4. The van der Waals surface area contributed by atoms with Crippen molar-refractivity contribution < 1.29 is 25.8 Å². The van der Waals surface area contributed by atoms with Gasteiger partial charge in [0.15, 0.2) is 0 Å². The van der Waals surface area contributed by atoms with E-state index >= 15 is 0 Å². The number of ether oxygens (including phenoxy) is 1. The zero-order valence-corrected chi connectivity index (χ0v) is 29.8. The summed E-state index contributed by atoms with van der Waals surface area (Å²) in [4.78, 5) is 4.70. The standard InChI is InChI=1S/C41H38N4O.Pt/c1-6-28-14-12-15-29(7-2)40(28)41-35(8-3)43-45(36(41)9-4)30-16-13-17-31(25-30)46-32-20-21-34-33-18-10-11-19-37(33)44(38(34)26-32)39-24-27(5)22-23-42-39;/h10-24H,6-9H2,1-5H3;/q-2;+2. The largest absolute Gasteiger partial charge is 2.00 e. The number of benzene rings is 4. The molecule has 3 aromatic heterocycles. The van der Waals surface area contributed by atoms with E-state index in [1.54, 1.807) is 0 Å². The maximum Gasteiger partial charge on any atom is 2.00 e. The van der Waals surface area contributed by atoms with E-state index in [9.17, 15) is 0 Å². The van der Waals surface area contributed by atoms with Gasteiger partial charge >= 0.3 is 21.1 Å². The Hall–Kier alpha value is -4.47. The molecule has 0 bridgehead atoms. The summed E-state index contributed by atoms with van der Waals surface area (Å²) >= 11 is 0. The van der Waals surface area contributed by atoms with Crippen molar-refractivity contribution in [1.29, 1.82) is 0 Å². The maximum absolute atomic E-state index is 6.47. The molecule has 0 amide bonds. The fourth-order valence-corrected chi connectivity index (χ4v) is 6.68. The van der Waals surface area contributed by atoms with E-state index in [1.807, 2.05) is 30.5 Å². The average molecular weight is 798 g/mol. The van der Waals surface area contributed by atoms with E-state index in [1.165, 1.54) is 27.9 Å². The van der Waals surface area contributed by atoms with E-state index in [-0.39, 0.29) is 21.1 Å². The monoisotopic (exact) mass is 797 g/mol. The van der Waals surface area contributed by atoms with Crippen LogP contribution in [0.2, 0.25) is 0 Å². The van der Waals surface area contributed by atoms with E-state index in [0.717, 1.165) is 70.3 Å². The van der Waals surface area contributed by atoms with Crippen LogP contribution in [0.25, 0.3) is 44.4 Å². The van der Waals surface area contributed by atoms with Crippen LogP contribution < -0.4 is 4.74 Å². The van der Waals surface area contributed by atoms with Gasteiger partial charge in [0.2, 0.25) is 0 Å². The van der Waals surface area contributed by atoms with Crippen LogP contribution in [0.3, 0.4) is 0 Å². The first-order valence-electron chi connectivity index (χ1n) is 16.3. The fourth-order valence-electron chi connectivity index (χ4n) is 6.68. The first-order valence-corrected chi connectivity index (χ1v) is 16.3. The van der Waals surface area contributed by atoms with Crippen molar-refractivity contribution in [2.45, 2.75) is 60.3 Å². The quantitative estimate of drug-likeness (QED) is 0.137. The zero-order valence-electron chi connectivity index (χ0n) is 27.5. The smallest absolute Gasteiger partial charge is 0.509 e. The summed E-state index contributed by atoms with van der Waals surface area (Å²) in [5.41, 5.74) is 11.7. The van der Waals surface area contributed by atoms with Gasteiger partial charge < -0.3 is 9.30 Å². The molecular formula is C41H38N4OPt. The van der Waals surface area contributed by atoms with Crippen LogP contribution in [-0.2, 0) is 46.7 Å². The first kappa shape index (κ1) is 32.5. The third-order valence-electron chi connectivity index (χ3n) is 8.86. The number of aromatic nitrogens is 4. The van der Waals surface area contributed by atoms with E-state index in [2.05, 4.69) is 117 Å². The Bertz CT molecular complexity index is 2190. The molecule has 0 saturated heterocycles. The van der Waals surface area contributed by atoms with Crippen LogP contribution in [0.1, 0.15) is 55.8 Å². The van der Waals surface area contributed by atoms with Gasteiger partial charge in [-0.25, -0.2) is 4.98 Å². The summed E-state index contributed by atoms with van der Waals surface area (Å²) < 4.78 is 10.7. The molecule has 0 aliphatic carbocycles. The van der Waals surface area contributed by atoms with Gasteiger partial charge in [-0.2, -0.15) is 17.2 Å². The molecular weight excluding hydrogens is 760 g/mol.